The van der Waals surface area contributed by atoms with Gasteiger partial charge in [-0.15, -0.1) is 0 Å². The summed E-state index contributed by atoms with van der Waals surface area (Å²) in [6.45, 7) is 1.89. The predicted octanol–water partition coefficient (Wildman–Crippen LogP) is 6.76. The summed E-state index contributed by atoms with van der Waals surface area (Å²) in [4.78, 5) is 17.0. The molecule has 1 atom stereocenters. The highest BCUT2D eigenvalue weighted by atomic mass is 16.5. The number of imidazole rings is 1. The first-order valence-corrected chi connectivity index (χ1v) is 14.4. The van der Waals surface area contributed by atoms with Crippen molar-refractivity contribution in [1.82, 2.24) is 24.6 Å². The van der Waals surface area contributed by atoms with Gasteiger partial charge in [0.2, 0.25) is 0 Å². The number of nitrogens with zero attached hydrogens (tertiary/aromatic N) is 4. The van der Waals surface area contributed by atoms with E-state index in [-0.39, 0.29) is 12.3 Å². The van der Waals surface area contributed by atoms with Gasteiger partial charge in [-0.2, -0.15) is 5.10 Å². The minimum absolute atomic E-state index is 0.0257. The van der Waals surface area contributed by atoms with Crippen LogP contribution in [0.15, 0.2) is 91.5 Å². The number of hydrogen-bond acceptors (Lipinski definition) is 5. The number of carbonyl (C=O) groups is 1. The van der Waals surface area contributed by atoms with E-state index in [1.165, 1.54) is 16.6 Å². The summed E-state index contributed by atoms with van der Waals surface area (Å²) >= 11 is 0. The number of hydrogen-bond donors (Lipinski definition) is 1. The van der Waals surface area contributed by atoms with Crippen molar-refractivity contribution in [3.8, 4) is 17.0 Å². The van der Waals surface area contributed by atoms with Crippen molar-refractivity contribution < 1.29 is 14.3 Å². The Bertz CT molecular complexity index is 1570. The molecule has 0 aliphatic carbocycles. The summed E-state index contributed by atoms with van der Waals surface area (Å²) in [5.74, 6) is 0.771. The Labute approximate surface area is 239 Å². The van der Waals surface area contributed by atoms with Crippen LogP contribution >= 0.6 is 0 Å². The standard InChI is InChI=1S/C33H35N5O3/c39-33(34-18-6-4-10-25-8-2-1-3-9-25)37-22-30(35-24-37)27-13-15-29(16-14-27)41-23-26-12-17-31-28(20-26)21-36-38(31)32-11-5-7-19-40-32/h1-3,8-9,12-17,20-22,24,32H,4-7,10-11,18-19,23H2,(H,34,39). The van der Waals surface area contributed by atoms with Crippen LogP contribution in [-0.2, 0) is 17.8 Å². The Balaban J connectivity index is 0.982. The molecule has 0 spiro atoms. The van der Waals surface area contributed by atoms with Crippen LogP contribution in [0, 0.1) is 0 Å². The quantitative estimate of drug-likeness (QED) is 0.195. The van der Waals surface area contributed by atoms with Crippen LogP contribution in [0.2, 0.25) is 0 Å². The summed E-state index contributed by atoms with van der Waals surface area (Å²) in [5.41, 5.74) is 5.15. The fourth-order valence-corrected chi connectivity index (χ4v) is 5.20. The van der Waals surface area contributed by atoms with E-state index in [0.29, 0.717) is 13.2 Å². The van der Waals surface area contributed by atoms with E-state index in [9.17, 15) is 4.79 Å². The number of benzene rings is 3. The number of nitrogens with one attached hydrogen (secondary N) is 1. The lowest BCUT2D eigenvalue weighted by Gasteiger charge is -2.23. The summed E-state index contributed by atoms with van der Waals surface area (Å²) in [6.07, 6.45) is 11.5. The van der Waals surface area contributed by atoms with Crippen molar-refractivity contribution in [2.75, 3.05) is 13.2 Å². The van der Waals surface area contributed by atoms with Gasteiger partial charge in [-0.3, -0.25) is 4.57 Å². The van der Waals surface area contributed by atoms with Crippen molar-refractivity contribution in [2.45, 2.75) is 51.4 Å². The minimum atomic E-state index is -0.169. The van der Waals surface area contributed by atoms with E-state index in [1.807, 2.05) is 41.2 Å². The molecule has 41 heavy (non-hydrogen) atoms. The monoisotopic (exact) mass is 549 g/mol. The highest BCUT2D eigenvalue weighted by Crippen LogP contribution is 2.27. The molecule has 5 aromatic rings. The Hall–Kier alpha value is -4.43. The molecule has 1 amide bonds. The second-order valence-corrected chi connectivity index (χ2v) is 10.5. The lowest BCUT2D eigenvalue weighted by molar-refractivity contribution is -0.0366. The number of rotatable bonds is 10. The first-order chi connectivity index (χ1) is 20.2. The Morgan fingerprint density at radius 3 is 2.71 bits per heavy atom. The van der Waals surface area contributed by atoms with E-state index in [2.05, 4.69) is 57.9 Å². The summed E-state index contributed by atoms with van der Waals surface area (Å²) in [5, 5.41) is 8.64. The van der Waals surface area contributed by atoms with Gasteiger partial charge in [0.25, 0.3) is 0 Å². The van der Waals surface area contributed by atoms with Crippen LogP contribution in [-0.4, -0.2) is 38.5 Å². The van der Waals surface area contributed by atoms with E-state index in [1.54, 1.807) is 12.5 Å². The Morgan fingerprint density at radius 2 is 1.88 bits per heavy atom. The molecular weight excluding hydrogens is 514 g/mol. The van der Waals surface area contributed by atoms with Crippen LogP contribution in [0.25, 0.3) is 22.2 Å². The van der Waals surface area contributed by atoms with Gasteiger partial charge in [0.1, 0.15) is 18.7 Å². The third kappa shape index (κ3) is 6.66. The topological polar surface area (TPSA) is 83.2 Å². The van der Waals surface area contributed by atoms with Gasteiger partial charge >= 0.3 is 6.03 Å². The van der Waals surface area contributed by atoms with E-state index in [4.69, 9.17) is 9.47 Å². The molecule has 0 radical (unpaired) electrons. The molecule has 1 aliphatic rings. The molecule has 1 fully saturated rings. The lowest BCUT2D eigenvalue weighted by Crippen LogP contribution is -2.28. The smallest absolute Gasteiger partial charge is 0.326 e. The lowest BCUT2D eigenvalue weighted by atomic mass is 10.1. The molecule has 3 heterocycles. The molecule has 3 aromatic carbocycles. The van der Waals surface area contributed by atoms with Gasteiger partial charge < -0.3 is 14.8 Å². The fraction of sp³-hybridized carbons (Fsp3) is 0.303. The van der Waals surface area contributed by atoms with E-state index in [0.717, 1.165) is 72.2 Å². The highest BCUT2D eigenvalue weighted by molar-refractivity contribution is 5.79. The molecule has 8 heteroatoms. The highest BCUT2D eigenvalue weighted by Gasteiger charge is 2.18. The fourth-order valence-electron chi connectivity index (χ4n) is 5.20. The number of carbonyl (C=O) groups excluding carboxylic acids is 1. The molecule has 1 aliphatic heterocycles. The third-order valence-electron chi connectivity index (χ3n) is 7.47. The molecular formula is C33H35N5O3. The Morgan fingerprint density at radius 1 is 1.00 bits per heavy atom. The zero-order valence-electron chi connectivity index (χ0n) is 23.1. The van der Waals surface area contributed by atoms with Crippen molar-refractivity contribution in [1.29, 1.82) is 0 Å². The van der Waals surface area contributed by atoms with E-state index < -0.39 is 0 Å². The van der Waals surface area contributed by atoms with Crippen molar-refractivity contribution in [2.24, 2.45) is 0 Å². The second kappa shape index (κ2) is 12.8. The van der Waals surface area contributed by atoms with Crippen LogP contribution in [0.5, 0.6) is 5.75 Å². The number of aryl methyl sites for hydroxylation is 1. The van der Waals surface area contributed by atoms with Gasteiger partial charge in [-0.25, -0.2) is 14.5 Å². The molecule has 0 saturated carbocycles. The van der Waals surface area contributed by atoms with Crippen molar-refractivity contribution in [3.63, 3.8) is 0 Å². The van der Waals surface area contributed by atoms with Crippen LogP contribution in [0.4, 0.5) is 4.79 Å². The average molecular weight is 550 g/mol. The third-order valence-corrected chi connectivity index (χ3v) is 7.47. The van der Waals surface area contributed by atoms with Crippen LogP contribution in [0.1, 0.15) is 49.5 Å². The number of aromatic nitrogens is 4. The maximum Gasteiger partial charge on any atom is 0.326 e. The first kappa shape index (κ1) is 26.8. The molecule has 1 N–H and O–H groups in total. The Kier molecular flexibility index (Phi) is 8.38. The largest absolute Gasteiger partial charge is 0.489 e. The minimum Gasteiger partial charge on any atom is -0.489 e. The average Bonchev–Trinajstić information content (AvgIpc) is 3.69. The number of ether oxygens (including phenoxy) is 2. The van der Waals surface area contributed by atoms with Crippen molar-refractivity contribution >= 4 is 16.9 Å². The molecule has 210 valence electrons. The normalized spacial score (nSPS) is 15.2. The molecule has 2 aromatic heterocycles. The summed E-state index contributed by atoms with van der Waals surface area (Å²) in [6, 6.07) is 24.3. The first-order valence-electron chi connectivity index (χ1n) is 14.4. The molecule has 1 saturated heterocycles. The SMILES string of the molecule is O=C(NCCCCc1ccccc1)n1cnc(-c2ccc(OCc3ccc4c(cnn4C4CCCCO4)c3)cc2)c1. The summed E-state index contributed by atoms with van der Waals surface area (Å²) < 4.78 is 15.4. The summed E-state index contributed by atoms with van der Waals surface area (Å²) in [7, 11) is 0. The molecule has 1 unspecified atom stereocenters. The van der Waals surface area contributed by atoms with Crippen molar-refractivity contribution in [3.05, 3.63) is 103 Å². The van der Waals surface area contributed by atoms with Crippen LogP contribution < -0.4 is 10.1 Å². The van der Waals surface area contributed by atoms with E-state index >= 15 is 0 Å². The number of fused-ring (bicyclic) bond motifs is 1. The number of amides is 1. The zero-order chi connectivity index (χ0) is 27.9. The zero-order valence-corrected chi connectivity index (χ0v) is 23.1. The van der Waals surface area contributed by atoms with Gasteiger partial charge in [0, 0.05) is 30.3 Å². The maximum atomic E-state index is 12.5. The van der Waals surface area contributed by atoms with Crippen LogP contribution in [0.3, 0.4) is 0 Å². The second-order valence-electron chi connectivity index (χ2n) is 10.5. The maximum absolute atomic E-state index is 12.5. The number of unbranched alkanes of at least 4 members (excludes halogenated alkanes) is 1. The van der Waals surface area contributed by atoms with Gasteiger partial charge in [0.05, 0.1) is 17.4 Å². The molecule has 0 bridgehead atoms. The predicted molar refractivity (Wildman–Crippen MR) is 159 cm³/mol. The van der Waals surface area contributed by atoms with Gasteiger partial charge in [0.15, 0.2) is 6.23 Å². The van der Waals surface area contributed by atoms with Gasteiger partial charge in [-0.1, -0.05) is 36.4 Å². The molecule has 6 rings (SSSR count). The molecule has 8 nitrogen and oxygen atoms in total. The van der Waals surface area contributed by atoms with Gasteiger partial charge in [-0.05, 0) is 86.1 Å².